The maximum absolute atomic E-state index is 5.46. The van der Waals surface area contributed by atoms with Crippen molar-refractivity contribution < 1.29 is 4.74 Å². The molecular formula is C19H17N3OS. The molecule has 0 aliphatic carbocycles. The number of para-hydroxylation sites is 1. The largest absolute Gasteiger partial charge is 0.494 e. The molecule has 2 aromatic heterocycles. The van der Waals surface area contributed by atoms with E-state index in [1.54, 1.807) is 11.3 Å². The number of anilines is 2. The number of aromatic nitrogens is 2. The second-order valence-electron chi connectivity index (χ2n) is 5.37. The number of benzene rings is 2. The molecule has 5 heteroatoms. The van der Waals surface area contributed by atoms with Crippen LogP contribution in [0.1, 0.15) is 6.92 Å². The number of nitrogens with one attached hydrogen (secondary N) is 2. The van der Waals surface area contributed by atoms with Crippen LogP contribution in [-0.2, 0) is 0 Å². The molecule has 0 saturated heterocycles. The highest BCUT2D eigenvalue weighted by Gasteiger charge is 2.09. The van der Waals surface area contributed by atoms with Crippen molar-refractivity contribution >= 4 is 33.1 Å². The van der Waals surface area contributed by atoms with Gasteiger partial charge in [0, 0.05) is 33.7 Å². The third kappa shape index (κ3) is 2.86. The van der Waals surface area contributed by atoms with Crippen LogP contribution in [0.15, 0.2) is 60.1 Å². The van der Waals surface area contributed by atoms with Crippen LogP contribution in [-0.4, -0.2) is 16.6 Å². The lowest BCUT2D eigenvalue weighted by molar-refractivity contribution is 0.340. The molecule has 2 heterocycles. The van der Waals surface area contributed by atoms with E-state index in [1.165, 1.54) is 5.39 Å². The number of fused-ring (bicyclic) bond motifs is 1. The number of hydrogen-bond acceptors (Lipinski definition) is 4. The van der Waals surface area contributed by atoms with Gasteiger partial charge in [0.15, 0.2) is 5.13 Å². The Bertz CT molecular complexity index is 956. The van der Waals surface area contributed by atoms with Gasteiger partial charge in [0.2, 0.25) is 0 Å². The summed E-state index contributed by atoms with van der Waals surface area (Å²) in [6.45, 7) is 2.65. The molecule has 0 atom stereocenters. The van der Waals surface area contributed by atoms with E-state index in [0.717, 1.165) is 33.3 Å². The van der Waals surface area contributed by atoms with E-state index >= 15 is 0 Å². The molecule has 2 aromatic carbocycles. The Balaban J connectivity index is 1.56. The predicted octanol–water partition coefficient (Wildman–Crippen LogP) is 5.43. The van der Waals surface area contributed by atoms with Crippen molar-refractivity contribution in [1.29, 1.82) is 0 Å². The van der Waals surface area contributed by atoms with Gasteiger partial charge in [0.25, 0.3) is 0 Å². The van der Waals surface area contributed by atoms with Gasteiger partial charge in [-0.15, -0.1) is 11.3 Å². The monoisotopic (exact) mass is 335 g/mol. The van der Waals surface area contributed by atoms with E-state index in [1.807, 2.05) is 49.5 Å². The molecule has 0 aliphatic rings. The maximum atomic E-state index is 5.46. The van der Waals surface area contributed by atoms with Gasteiger partial charge in [-0.1, -0.05) is 18.2 Å². The minimum Gasteiger partial charge on any atom is -0.494 e. The quantitative estimate of drug-likeness (QED) is 0.511. The second kappa shape index (κ2) is 6.37. The standard InChI is InChI=1S/C19H17N3OS/c1-2-23-14-9-7-13(8-10-14)21-19-22-18(12-24-19)16-11-20-17-6-4-3-5-15(16)17/h3-12,20H,2H2,1H3,(H,21,22). The van der Waals surface area contributed by atoms with E-state index in [9.17, 15) is 0 Å². The first-order valence-corrected chi connectivity index (χ1v) is 8.73. The van der Waals surface area contributed by atoms with Crippen LogP contribution >= 0.6 is 11.3 Å². The lowest BCUT2D eigenvalue weighted by atomic mass is 10.1. The molecular weight excluding hydrogens is 318 g/mol. The number of thiazole rings is 1. The topological polar surface area (TPSA) is 49.9 Å². The van der Waals surface area contributed by atoms with Crippen LogP contribution < -0.4 is 10.1 Å². The Morgan fingerprint density at radius 2 is 1.96 bits per heavy atom. The van der Waals surface area contributed by atoms with E-state index in [-0.39, 0.29) is 0 Å². The van der Waals surface area contributed by atoms with E-state index in [0.29, 0.717) is 6.61 Å². The first kappa shape index (κ1) is 14.8. The molecule has 0 fully saturated rings. The summed E-state index contributed by atoms with van der Waals surface area (Å²) in [5, 5.41) is 7.49. The summed E-state index contributed by atoms with van der Waals surface area (Å²) >= 11 is 1.60. The molecule has 0 aliphatic heterocycles. The lowest BCUT2D eigenvalue weighted by Gasteiger charge is -2.05. The fourth-order valence-electron chi connectivity index (χ4n) is 2.66. The van der Waals surface area contributed by atoms with Crippen molar-refractivity contribution in [2.75, 3.05) is 11.9 Å². The number of H-pyrrole nitrogens is 1. The second-order valence-corrected chi connectivity index (χ2v) is 6.23. The summed E-state index contributed by atoms with van der Waals surface area (Å²) in [4.78, 5) is 8.01. The highest BCUT2D eigenvalue weighted by Crippen LogP contribution is 2.32. The minimum atomic E-state index is 0.674. The Kier molecular flexibility index (Phi) is 3.92. The van der Waals surface area contributed by atoms with Crippen LogP contribution in [0.3, 0.4) is 0 Å². The SMILES string of the molecule is CCOc1ccc(Nc2nc(-c3c[nH]c4ccccc34)cs2)cc1. The van der Waals surface area contributed by atoms with E-state index in [2.05, 4.69) is 27.8 Å². The van der Waals surface area contributed by atoms with Crippen LogP contribution in [0.5, 0.6) is 5.75 Å². The van der Waals surface area contributed by atoms with Crippen molar-refractivity contribution in [2.45, 2.75) is 6.92 Å². The van der Waals surface area contributed by atoms with Gasteiger partial charge in [-0.3, -0.25) is 0 Å². The minimum absolute atomic E-state index is 0.674. The first-order chi connectivity index (χ1) is 11.8. The lowest BCUT2D eigenvalue weighted by Crippen LogP contribution is -1.92. The molecule has 0 saturated carbocycles. The molecule has 0 radical (unpaired) electrons. The number of aromatic amines is 1. The summed E-state index contributed by atoms with van der Waals surface area (Å²) in [5.74, 6) is 0.877. The molecule has 0 spiro atoms. The van der Waals surface area contributed by atoms with Crippen molar-refractivity contribution in [3.05, 3.63) is 60.1 Å². The predicted molar refractivity (Wildman–Crippen MR) is 100 cm³/mol. The fourth-order valence-corrected chi connectivity index (χ4v) is 3.39. The van der Waals surface area contributed by atoms with Crippen molar-refractivity contribution in [3.8, 4) is 17.0 Å². The summed E-state index contributed by atoms with van der Waals surface area (Å²) in [5.41, 5.74) is 4.23. The number of ether oxygens (including phenoxy) is 1. The molecule has 2 N–H and O–H groups in total. The zero-order chi connectivity index (χ0) is 16.4. The maximum Gasteiger partial charge on any atom is 0.187 e. The van der Waals surface area contributed by atoms with Gasteiger partial charge in [-0.2, -0.15) is 0 Å². The molecule has 4 nitrogen and oxygen atoms in total. The Hall–Kier alpha value is -2.79. The Morgan fingerprint density at radius 1 is 1.12 bits per heavy atom. The normalized spacial score (nSPS) is 10.9. The molecule has 0 amide bonds. The van der Waals surface area contributed by atoms with Gasteiger partial charge in [0.05, 0.1) is 12.3 Å². The first-order valence-electron chi connectivity index (χ1n) is 7.85. The van der Waals surface area contributed by atoms with Crippen LogP contribution in [0, 0.1) is 0 Å². The highest BCUT2D eigenvalue weighted by molar-refractivity contribution is 7.14. The summed E-state index contributed by atoms with van der Waals surface area (Å²) in [7, 11) is 0. The number of hydrogen-bond donors (Lipinski definition) is 2. The smallest absolute Gasteiger partial charge is 0.187 e. The van der Waals surface area contributed by atoms with Crippen LogP contribution in [0.2, 0.25) is 0 Å². The molecule has 24 heavy (non-hydrogen) atoms. The van der Waals surface area contributed by atoms with E-state index < -0.39 is 0 Å². The number of nitrogens with zero attached hydrogens (tertiary/aromatic N) is 1. The zero-order valence-electron chi connectivity index (χ0n) is 13.2. The third-order valence-corrected chi connectivity index (χ3v) is 4.54. The molecule has 0 unspecified atom stereocenters. The summed E-state index contributed by atoms with van der Waals surface area (Å²) in [6, 6.07) is 16.2. The van der Waals surface area contributed by atoms with Crippen molar-refractivity contribution in [2.24, 2.45) is 0 Å². The van der Waals surface area contributed by atoms with Crippen LogP contribution in [0.4, 0.5) is 10.8 Å². The zero-order valence-corrected chi connectivity index (χ0v) is 14.1. The summed E-state index contributed by atoms with van der Waals surface area (Å²) in [6.07, 6.45) is 2.01. The average molecular weight is 335 g/mol. The summed E-state index contributed by atoms with van der Waals surface area (Å²) < 4.78 is 5.46. The third-order valence-electron chi connectivity index (χ3n) is 3.79. The number of rotatable bonds is 5. The molecule has 4 rings (SSSR count). The fraction of sp³-hybridized carbons (Fsp3) is 0.105. The molecule has 120 valence electrons. The van der Waals surface area contributed by atoms with Gasteiger partial charge in [-0.25, -0.2) is 4.98 Å². The Morgan fingerprint density at radius 3 is 2.79 bits per heavy atom. The Labute approximate surface area is 144 Å². The highest BCUT2D eigenvalue weighted by atomic mass is 32.1. The molecule has 4 aromatic rings. The molecule has 0 bridgehead atoms. The van der Waals surface area contributed by atoms with Gasteiger partial charge in [-0.05, 0) is 37.3 Å². The van der Waals surface area contributed by atoms with Gasteiger partial charge in [0.1, 0.15) is 5.75 Å². The van der Waals surface area contributed by atoms with E-state index in [4.69, 9.17) is 9.72 Å². The van der Waals surface area contributed by atoms with Crippen LogP contribution in [0.25, 0.3) is 22.2 Å². The van der Waals surface area contributed by atoms with Crippen molar-refractivity contribution in [1.82, 2.24) is 9.97 Å². The van der Waals surface area contributed by atoms with Gasteiger partial charge >= 0.3 is 0 Å². The average Bonchev–Trinajstić information content (AvgIpc) is 3.23. The van der Waals surface area contributed by atoms with Crippen molar-refractivity contribution in [3.63, 3.8) is 0 Å². The van der Waals surface area contributed by atoms with Gasteiger partial charge < -0.3 is 15.0 Å².